The number of hydrogen-bond acceptors (Lipinski definition) is 0. The van der Waals surface area contributed by atoms with Crippen molar-refractivity contribution in [3.05, 3.63) is 0 Å². The predicted octanol–water partition coefficient (Wildman–Crippen LogP) is 5.91. The maximum Gasteiger partial charge on any atom is -0.0440 e. The Kier molecular flexibility index (Phi) is 14.0. The van der Waals surface area contributed by atoms with E-state index < -0.39 is 0 Å². The highest BCUT2D eigenvalue weighted by molar-refractivity contribution is 4.60. The second-order valence-corrected chi connectivity index (χ2v) is 5.21. The Morgan fingerprint density at radius 1 is 0.733 bits per heavy atom. The zero-order valence-electron chi connectivity index (χ0n) is 12.3. The van der Waals surface area contributed by atoms with Gasteiger partial charge in [0, 0.05) is 0 Å². The van der Waals surface area contributed by atoms with Crippen LogP contribution in [0.2, 0.25) is 0 Å². The summed E-state index contributed by atoms with van der Waals surface area (Å²) in [7, 11) is 0. The largest absolute Gasteiger partial charge is 0.0683 e. The van der Waals surface area contributed by atoms with Crippen molar-refractivity contribution >= 4 is 0 Å². The molecule has 15 heavy (non-hydrogen) atoms. The summed E-state index contributed by atoms with van der Waals surface area (Å²) in [4.78, 5) is 0. The van der Waals surface area contributed by atoms with Gasteiger partial charge in [-0.25, -0.2) is 0 Å². The van der Waals surface area contributed by atoms with E-state index >= 15 is 0 Å². The first-order chi connectivity index (χ1) is 7.06. The van der Waals surface area contributed by atoms with Crippen LogP contribution in [-0.4, -0.2) is 0 Å². The molecular formula is C15H34. The fourth-order valence-corrected chi connectivity index (χ4v) is 2.03. The molecule has 0 heteroatoms. The molecule has 0 N–H and O–H groups in total. The van der Waals surface area contributed by atoms with E-state index in [1.54, 1.807) is 0 Å². The van der Waals surface area contributed by atoms with E-state index in [0.717, 1.165) is 17.8 Å². The molecule has 0 radical (unpaired) electrons. The zero-order chi connectivity index (χ0) is 12.3. The van der Waals surface area contributed by atoms with E-state index in [9.17, 15) is 0 Å². The van der Waals surface area contributed by atoms with Gasteiger partial charge in [0.2, 0.25) is 0 Å². The molecule has 0 aliphatic rings. The molecule has 2 atom stereocenters. The molecule has 0 nitrogen and oxygen atoms in total. The average molecular weight is 214 g/mol. The van der Waals surface area contributed by atoms with Crippen molar-refractivity contribution in [3.63, 3.8) is 0 Å². The Morgan fingerprint density at radius 2 is 1.20 bits per heavy atom. The zero-order valence-corrected chi connectivity index (χ0v) is 12.3. The molecule has 0 aromatic heterocycles. The molecule has 0 rings (SSSR count). The van der Waals surface area contributed by atoms with E-state index in [1.807, 2.05) is 13.8 Å². The molecule has 0 saturated carbocycles. The van der Waals surface area contributed by atoms with Crippen molar-refractivity contribution in [2.45, 2.75) is 80.6 Å². The summed E-state index contributed by atoms with van der Waals surface area (Å²) < 4.78 is 0. The van der Waals surface area contributed by atoms with Gasteiger partial charge in [-0.3, -0.25) is 0 Å². The highest BCUT2D eigenvalue weighted by atomic mass is 14.1. The van der Waals surface area contributed by atoms with E-state index in [1.165, 1.54) is 32.1 Å². The second kappa shape index (κ2) is 12.1. The van der Waals surface area contributed by atoms with Gasteiger partial charge in [0.1, 0.15) is 0 Å². The molecule has 0 spiro atoms. The summed E-state index contributed by atoms with van der Waals surface area (Å²) in [5.41, 5.74) is 0. The van der Waals surface area contributed by atoms with Crippen LogP contribution in [0, 0.1) is 17.8 Å². The molecule has 0 aromatic carbocycles. The molecule has 0 fully saturated rings. The van der Waals surface area contributed by atoms with Crippen LogP contribution in [0.15, 0.2) is 0 Å². The van der Waals surface area contributed by atoms with E-state index in [0.29, 0.717) is 0 Å². The maximum atomic E-state index is 2.41. The fraction of sp³-hybridized carbons (Fsp3) is 1.00. The first-order valence-electron chi connectivity index (χ1n) is 7.06. The van der Waals surface area contributed by atoms with Crippen molar-refractivity contribution in [1.82, 2.24) is 0 Å². The summed E-state index contributed by atoms with van der Waals surface area (Å²) >= 11 is 0. The monoisotopic (exact) mass is 214 g/mol. The Morgan fingerprint density at radius 3 is 1.60 bits per heavy atom. The molecule has 0 amide bonds. The first-order valence-corrected chi connectivity index (χ1v) is 7.06. The lowest BCUT2D eigenvalue weighted by atomic mass is 9.89. The normalized spacial score (nSPS) is 14.4. The van der Waals surface area contributed by atoms with Gasteiger partial charge in [-0.1, -0.05) is 74.1 Å². The van der Waals surface area contributed by atoms with Crippen molar-refractivity contribution in [3.8, 4) is 0 Å². The van der Waals surface area contributed by atoms with Crippen LogP contribution in [0.1, 0.15) is 80.6 Å². The van der Waals surface area contributed by atoms with E-state index in [4.69, 9.17) is 0 Å². The second-order valence-electron chi connectivity index (χ2n) is 5.21. The Hall–Kier alpha value is 0. The van der Waals surface area contributed by atoms with Gasteiger partial charge >= 0.3 is 0 Å². The van der Waals surface area contributed by atoms with Crippen LogP contribution in [0.4, 0.5) is 0 Å². The first kappa shape index (κ1) is 17.4. The minimum atomic E-state index is 0.879. The topological polar surface area (TPSA) is 0 Å². The third-order valence-corrected chi connectivity index (χ3v) is 2.82. The van der Waals surface area contributed by atoms with Crippen molar-refractivity contribution in [2.75, 3.05) is 0 Å². The smallest absolute Gasteiger partial charge is 0.0440 e. The summed E-state index contributed by atoms with van der Waals surface area (Å²) in [6.07, 6.45) is 7.01. The molecule has 0 aliphatic carbocycles. The van der Waals surface area contributed by atoms with Gasteiger partial charge in [0.15, 0.2) is 0 Å². The third kappa shape index (κ3) is 14.0. The lowest BCUT2D eigenvalue weighted by Gasteiger charge is -2.17. The predicted molar refractivity (Wildman–Crippen MR) is 73.3 cm³/mol. The summed E-state index contributed by atoms with van der Waals surface area (Å²) in [5, 5.41) is 0. The van der Waals surface area contributed by atoms with Gasteiger partial charge in [0.25, 0.3) is 0 Å². The molecule has 0 saturated heterocycles. The standard InChI is InChI=1S/C13H28.C2H6/c1-6-7-12(4)10-13(5)9-8-11(2)3;1-2/h11-13H,6-10H2,1-5H3;1-2H3. The van der Waals surface area contributed by atoms with Gasteiger partial charge < -0.3 is 0 Å². The van der Waals surface area contributed by atoms with Gasteiger partial charge in [-0.2, -0.15) is 0 Å². The van der Waals surface area contributed by atoms with Crippen LogP contribution in [0.3, 0.4) is 0 Å². The minimum Gasteiger partial charge on any atom is -0.0683 e. The van der Waals surface area contributed by atoms with Gasteiger partial charge in [0.05, 0.1) is 0 Å². The highest BCUT2D eigenvalue weighted by Gasteiger charge is 2.08. The van der Waals surface area contributed by atoms with Crippen LogP contribution < -0.4 is 0 Å². The summed E-state index contributed by atoms with van der Waals surface area (Å²) in [6.45, 7) is 15.7. The molecule has 2 unspecified atom stereocenters. The average Bonchev–Trinajstić information content (AvgIpc) is 2.18. The summed E-state index contributed by atoms with van der Waals surface area (Å²) in [5.74, 6) is 2.75. The molecular weight excluding hydrogens is 180 g/mol. The van der Waals surface area contributed by atoms with E-state index in [2.05, 4.69) is 34.6 Å². The quantitative estimate of drug-likeness (QED) is 0.494. The van der Waals surface area contributed by atoms with Crippen molar-refractivity contribution < 1.29 is 0 Å². The van der Waals surface area contributed by atoms with Gasteiger partial charge in [-0.15, -0.1) is 0 Å². The van der Waals surface area contributed by atoms with Crippen LogP contribution in [0.25, 0.3) is 0 Å². The van der Waals surface area contributed by atoms with Crippen molar-refractivity contribution in [1.29, 1.82) is 0 Å². The van der Waals surface area contributed by atoms with E-state index in [-0.39, 0.29) is 0 Å². The SMILES string of the molecule is CC.CCCC(C)CC(C)CCC(C)C. The third-order valence-electron chi connectivity index (χ3n) is 2.82. The molecule has 0 heterocycles. The maximum absolute atomic E-state index is 2.41. The minimum absolute atomic E-state index is 0.879. The van der Waals surface area contributed by atoms with Crippen LogP contribution >= 0.6 is 0 Å². The molecule has 0 aliphatic heterocycles. The van der Waals surface area contributed by atoms with Crippen LogP contribution in [0.5, 0.6) is 0 Å². The lowest BCUT2D eigenvalue weighted by molar-refractivity contribution is 0.353. The highest BCUT2D eigenvalue weighted by Crippen LogP contribution is 2.21. The van der Waals surface area contributed by atoms with Crippen LogP contribution in [-0.2, 0) is 0 Å². The van der Waals surface area contributed by atoms with Crippen molar-refractivity contribution in [2.24, 2.45) is 17.8 Å². The number of rotatable bonds is 7. The Labute approximate surface area is 98.9 Å². The Balaban J connectivity index is 0. The molecule has 0 bridgehead atoms. The lowest BCUT2D eigenvalue weighted by Crippen LogP contribution is -2.04. The van der Waals surface area contributed by atoms with Gasteiger partial charge in [-0.05, 0) is 24.2 Å². The Bertz CT molecular complexity index is 105. The fourth-order valence-electron chi connectivity index (χ4n) is 2.03. The molecule has 94 valence electrons. The number of hydrogen-bond donors (Lipinski definition) is 0. The summed E-state index contributed by atoms with van der Waals surface area (Å²) in [6, 6.07) is 0. The molecule has 0 aromatic rings.